The molecule has 90 valence electrons. The second-order valence-corrected chi connectivity index (χ2v) is 3.85. The smallest absolute Gasteiger partial charge is 0.165 e. The summed E-state index contributed by atoms with van der Waals surface area (Å²) in [6, 6.07) is 3.09. The molecule has 5 heteroatoms. The molecule has 1 rings (SSSR count). The van der Waals surface area contributed by atoms with Gasteiger partial charge < -0.3 is 14.8 Å². The summed E-state index contributed by atoms with van der Waals surface area (Å²) in [7, 11) is 5.27. The highest BCUT2D eigenvalue weighted by Gasteiger charge is 2.10. The molecular formula is C11H17FN2O2. The molecule has 2 N–H and O–H groups in total. The molecule has 1 aromatic rings. The summed E-state index contributed by atoms with van der Waals surface area (Å²) < 4.78 is 13.4. The second kappa shape index (κ2) is 5.79. The zero-order valence-electron chi connectivity index (χ0n) is 9.75. The highest BCUT2D eigenvalue weighted by molar-refractivity contribution is 5.37. The Balaban J connectivity index is 2.92. The van der Waals surface area contributed by atoms with E-state index in [1.807, 2.05) is 19.0 Å². The van der Waals surface area contributed by atoms with Gasteiger partial charge in [0.25, 0.3) is 0 Å². The summed E-state index contributed by atoms with van der Waals surface area (Å²) in [6.45, 7) is 0.887. The van der Waals surface area contributed by atoms with Gasteiger partial charge in [0, 0.05) is 18.7 Å². The fourth-order valence-corrected chi connectivity index (χ4v) is 1.46. The van der Waals surface area contributed by atoms with Crippen LogP contribution in [0.5, 0.6) is 5.75 Å². The van der Waals surface area contributed by atoms with Crippen molar-refractivity contribution in [3.8, 4) is 5.75 Å². The fourth-order valence-electron chi connectivity index (χ4n) is 1.46. The molecule has 0 aliphatic heterocycles. The Morgan fingerprint density at radius 2 is 2.12 bits per heavy atom. The van der Waals surface area contributed by atoms with Gasteiger partial charge in [-0.3, -0.25) is 0 Å². The first-order chi connectivity index (χ1) is 7.54. The molecule has 16 heavy (non-hydrogen) atoms. The molecule has 0 aliphatic rings. The van der Waals surface area contributed by atoms with Crippen molar-refractivity contribution in [3.05, 3.63) is 29.1 Å². The van der Waals surface area contributed by atoms with Gasteiger partial charge in [-0.1, -0.05) is 0 Å². The third kappa shape index (κ3) is 3.44. The van der Waals surface area contributed by atoms with Crippen molar-refractivity contribution in [2.75, 3.05) is 21.2 Å². The lowest BCUT2D eigenvalue weighted by molar-refractivity contribution is 0.0860. The van der Waals surface area contributed by atoms with Gasteiger partial charge in [0.1, 0.15) is 0 Å². The summed E-state index contributed by atoms with van der Waals surface area (Å²) >= 11 is 0. The number of nitrogens with zero attached hydrogens (tertiary/aromatic N) is 1. The summed E-state index contributed by atoms with van der Waals surface area (Å²) in [5, 5.41) is 9.50. The minimum atomic E-state index is -0.604. The van der Waals surface area contributed by atoms with Crippen LogP contribution in [0.1, 0.15) is 11.1 Å². The largest absolute Gasteiger partial charge is 0.505 e. The third-order valence-corrected chi connectivity index (χ3v) is 2.11. The number of halogens is 1. The highest BCUT2D eigenvalue weighted by Crippen LogP contribution is 2.23. The number of phenols is 1. The Labute approximate surface area is 94.6 Å². The van der Waals surface area contributed by atoms with Gasteiger partial charge in [0.05, 0.1) is 7.11 Å². The Bertz CT molecular complexity index is 356. The predicted molar refractivity (Wildman–Crippen MR) is 59.3 cm³/mol. The lowest BCUT2D eigenvalue weighted by Crippen LogP contribution is -2.14. The van der Waals surface area contributed by atoms with Gasteiger partial charge in [-0.15, -0.1) is 0 Å². The minimum absolute atomic E-state index is 0.264. The molecule has 0 spiro atoms. The topological polar surface area (TPSA) is 44.7 Å². The van der Waals surface area contributed by atoms with E-state index in [0.717, 1.165) is 5.56 Å². The summed E-state index contributed by atoms with van der Waals surface area (Å²) in [4.78, 5) is 6.60. The van der Waals surface area contributed by atoms with E-state index < -0.39 is 5.82 Å². The molecule has 0 amide bonds. The Kier molecular flexibility index (Phi) is 4.67. The molecule has 0 saturated heterocycles. The van der Waals surface area contributed by atoms with Crippen LogP contribution < -0.4 is 5.48 Å². The third-order valence-electron chi connectivity index (χ3n) is 2.11. The lowest BCUT2D eigenvalue weighted by Gasteiger charge is -2.13. The zero-order chi connectivity index (χ0) is 12.1. The van der Waals surface area contributed by atoms with Crippen LogP contribution in [0.4, 0.5) is 4.39 Å². The molecule has 0 unspecified atom stereocenters. The van der Waals surface area contributed by atoms with Crippen LogP contribution in [0.2, 0.25) is 0 Å². The van der Waals surface area contributed by atoms with Crippen LogP contribution in [-0.4, -0.2) is 31.2 Å². The maximum atomic E-state index is 13.4. The normalized spacial score (nSPS) is 11.1. The van der Waals surface area contributed by atoms with Gasteiger partial charge in [0.2, 0.25) is 0 Å². The Hall–Kier alpha value is -1.17. The molecule has 0 bridgehead atoms. The van der Waals surface area contributed by atoms with Crippen LogP contribution in [0.3, 0.4) is 0 Å². The first kappa shape index (κ1) is 12.9. The van der Waals surface area contributed by atoms with Crippen molar-refractivity contribution in [1.82, 2.24) is 10.4 Å². The maximum absolute atomic E-state index is 13.4. The number of benzene rings is 1. The maximum Gasteiger partial charge on any atom is 0.165 e. The minimum Gasteiger partial charge on any atom is -0.505 e. The average molecular weight is 228 g/mol. The lowest BCUT2D eigenvalue weighted by atomic mass is 10.1. The van der Waals surface area contributed by atoms with E-state index in [0.29, 0.717) is 12.1 Å². The van der Waals surface area contributed by atoms with Crippen LogP contribution >= 0.6 is 0 Å². The first-order valence-corrected chi connectivity index (χ1v) is 4.95. The van der Waals surface area contributed by atoms with Crippen LogP contribution in [0.15, 0.2) is 12.1 Å². The van der Waals surface area contributed by atoms with Gasteiger partial charge in [-0.05, 0) is 31.8 Å². The number of phenolic OH excluding ortho intramolecular Hbond substituents is 1. The highest BCUT2D eigenvalue weighted by atomic mass is 19.1. The van der Waals surface area contributed by atoms with Crippen molar-refractivity contribution in [2.45, 2.75) is 13.1 Å². The fraction of sp³-hybridized carbons (Fsp3) is 0.455. The van der Waals surface area contributed by atoms with Crippen molar-refractivity contribution in [3.63, 3.8) is 0 Å². The van der Waals surface area contributed by atoms with Crippen molar-refractivity contribution < 1.29 is 14.3 Å². The molecule has 0 aliphatic carbocycles. The number of rotatable bonds is 5. The Morgan fingerprint density at radius 3 is 2.69 bits per heavy atom. The molecule has 1 aromatic carbocycles. The number of hydroxylamine groups is 1. The predicted octanol–water partition coefficient (Wildman–Crippen LogP) is 1.24. The standard InChI is InChI=1S/C11H17FN2O2/c1-14(2)7-8-4-9(6-13-16-3)11(15)10(12)5-8/h4-5,13,15H,6-7H2,1-3H3. The monoisotopic (exact) mass is 228 g/mol. The molecule has 0 aromatic heterocycles. The Morgan fingerprint density at radius 1 is 1.44 bits per heavy atom. The van der Waals surface area contributed by atoms with E-state index in [2.05, 4.69) is 10.3 Å². The zero-order valence-corrected chi connectivity index (χ0v) is 9.75. The van der Waals surface area contributed by atoms with E-state index in [4.69, 9.17) is 0 Å². The van der Waals surface area contributed by atoms with Gasteiger partial charge in [0.15, 0.2) is 11.6 Å². The molecule has 0 radical (unpaired) electrons. The van der Waals surface area contributed by atoms with E-state index in [1.165, 1.54) is 13.2 Å². The SMILES string of the molecule is CONCc1cc(CN(C)C)cc(F)c1O. The molecule has 4 nitrogen and oxygen atoms in total. The second-order valence-electron chi connectivity index (χ2n) is 3.85. The summed E-state index contributed by atoms with van der Waals surface area (Å²) in [5.41, 5.74) is 3.87. The molecular weight excluding hydrogens is 211 g/mol. The summed E-state index contributed by atoms with van der Waals surface area (Å²) in [5.74, 6) is -0.931. The van der Waals surface area contributed by atoms with Crippen molar-refractivity contribution >= 4 is 0 Å². The number of nitrogens with one attached hydrogen (secondary N) is 1. The first-order valence-electron chi connectivity index (χ1n) is 4.95. The van der Waals surface area contributed by atoms with Crippen LogP contribution in [0, 0.1) is 5.82 Å². The molecule has 0 fully saturated rings. The molecule has 0 saturated carbocycles. The van der Waals surface area contributed by atoms with E-state index in [-0.39, 0.29) is 12.3 Å². The van der Waals surface area contributed by atoms with Crippen molar-refractivity contribution in [2.24, 2.45) is 0 Å². The number of aromatic hydroxyl groups is 1. The quantitative estimate of drug-likeness (QED) is 0.744. The van der Waals surface area contributed by atoms with Crippen LogP contribution in [0.25, 0.3) is 0 Å². The molecule has 0 atom stereocenters. The number of hydrogen-bond acceptors (Lipinski definition) is 4. The van der Waals surface area contributed by atoms with E-state index in [1.54, 1.807) is 6.07 Å². The van der Waals surface area contributed by atoms with E-state index in [9.17, 15) is 9.50 Å². The van der Waals surface area contributed by atoms with Crippen molar-refractivity contribution in [1.29, 1.82) is 0 Å². The van der Waals surface area contributed by atoms with Crippen LogP contribution in [-0.2, 0) is 17.9 Å². The summed E-state index contributed by atoms with van der Waals surface area (Å²) in [6.07, 6.45) is 0. The molecule has 0 heterocycles. The number of hydrogen-bond donors (Lipinski definition) is 2. The van der Waals surface area contributed by atoms with Gasteiger partial charge in [-0.2, -0.15) is 5.48 Å². The average Bonchev–Trinajstić information content (AvgIpc) is 2.20. The van der Waals surface area contributed by atoms with Gasteiger partial charge >= 0.3 is 0 Å². The van der Waals surface area contributed by atoms with E-state index >= 15 is 0 Å². The van der Waals surface area contributed by atoms with Gasteiger partial charge in [-0.25, -0.2) is 4.39 Å².